The van der Waals surface area contributed by atoms with Crippen LogP contribution in [0.25, 0.3) is 0 Å². The van der Waals surface area contributed by atoms with Crippen LogP contribution in [0.3, 0.4) is 0 Å². The first-order valence-electron chi connectivity index (χ1n) is 5.34. The average Bonchev–Trinajstić information content (AvgIpc) is 2.16. The van der Waals surface area contributed by atoms with E-state index in [2.05, 4.69) is 19.1 Å². The zero-order chi connectivity index (χ0) is 9.94. The Morgan fingerprint density at radius 3 is 2.54 bits per heavy atom. The van der Waals surface area contributed by atoms with Gasteiger partial charge in [0.15, 0.2) is 0 Å². The third-order valence-electron chi connectivity index (χ3n) is 1.99. The summed E-state index contributed by atoms with van der Waals surface area (Å²) in [7, 11) is 0. The summed E-state index contributed by atoms with van der Waals surface area (Å²) < 4.78 is 0. The van der Waals surface area contributed by atoms with Gasteiger partial charge < -0.3 is 5.11 Å². The van der Waals surface area contributed by atoms with Gasteiger partial charge in [-0.3, -0.25) is 0 Å². The lowest BCUT2D eigenvalue weighted by atomic mass is 10.2. The molecule has 0 spiro atoms. The van der Waals surface area contributed by atoms with Crippen LogP contribution in [0.4, 0.5) is 0 Å². The quantitative estimate of drug-likeness (QED) is 0.352. The van der Waals surface area contributed by atoms with Crippen molar-refractivity contribution in [3.05, 3.63) is 24.0 Å². The summed E-state index contributed by atoms with van der Waals surface area (Å²) in [6.07, 6.45) is 12.9. The lowest BCUT2D eigenvalue weighted by Crippen LogP contribution is -1.75. The highest BCUT2D eigenvalue weighted by Gasteiger charge is 1.84. The fourth-order valence-electron chi connectivity index (χ4n) is 1.07. The molecular weight excluding hydrogens is 160 g/mol. The maximum absolute atomic E-state index is 9.13. The standard InChI is InChI=1S/C12H22O/c1-3-5-6-7-8-9-10-11-12(13)4-2/h8-9,11,13H,3-7,10H2,1-2H3/b9-8+,12-11+. The van der Waals surface area contributed by atoms with Gasteiger partial charge in [0.25, 0.3) is 0 Å². The predicted molar refractivity (Wildman–Crippen MR) is 58.9 cm³/mol. The Morgan fingerprint density at radius 1 is 1.15 bits per heavy atom. The van der Waals surface area contributed by atoms with Crippen molar-refractivity contribution in [2.75, 3.05) is 0 Å². The second-order valence-corrected chi connectivity index (χ2v) is 3.25. The van der Waals surface area contributed by atoms with Gasteiger partial charge in [0.05, 0.1) is 5.76 Å². The largest absolute Gasteiger partial charge is 0.513 e. The molecule has 0 aromatic carbocycles. The van der Waals surface area contributed by atoms with Crippen molar-refractivity contribution in [2.45, 2.75) is 52.4 Å². The molecule has 0 fully saturated rings. The molecule has 0 saturated heterocycles. The number of hydrogen-bond acceptors (Lipinski definition) is 1. The van der Waals surface area contributed by atoms with Gasteiger partial charge in [-0.15, -0.1) is 0 Å². The highest BCUT2D eigenvalue weighted by Crippen LogP contribution is 2.01. The lowest BCUT2D eigenvalue weighted by molar-refractivity contribution is 0.392. The molecule has 0 amide bonds. The molecule has 0 aliphatic rings. The molecule has 0 rings (SSSR count). The van der Waals surface area contributed by atoms with Gasteiger partial charge in [-0.1, -0.05) is 38.8 Å². The predicted octanol–water partition coefficient (Wildman–Crippen LogP) is 4.36. The summed E-state index contributed by atoms with van der Waals surface area (Å²) in [6.45, 7) is 4.17. The third-order valence-corrected chi connectivity index (χ3v) is 1.99. The van der Waals surface area contributed by atoms with Crippen LogP contribution >= 0.6 is 0 Å². The van der Waals surface area contributed by atoms with Crippen molar-refractivity contribution < 1.29 is 5.11 Å². The molecule has 0 radical (unpaired) electrons. The van der Waals surface area contributed by atoms with E-state index in [0.29, 0.717) is 5.76 Å². The monoisotopic (exact) mass is 182 g/mol. The van der Waals surface area contributed by atoms with Crippen molar-refractivity contribution in [3.63, 3.8) is 0 Å². The zero-order valence-electron chi connectivity index (χ0n) is 8.92. The van der Waals surface area contributed by atoms with Crippen molar-refractivity contribution >= 4 is 0 Å². The van der Waals surface area contributed by atoms with E-state index in [4.69, 9.17) is 5.11 Å². The molecule has 0 aromatic heterocycles. The highest BCUT2D eigenvalue weighted by molar-refractivity contribution is 4.96. The van der Waals surface area contributed by atoms with Crippen molar-refractivity contribution in [3.8, 4) is 0 Å². The van der Waals surface area contributed by atoms with Gasteiger partial charge in [0, 0.05) is 6.42 Å². The summed E-state index contributed by atoms with van der Waals surface area (Å²) in [4.78, 5) is 0. The number of unbranched alkanes of at least 4 members (excludes halogenated alkanes) is 3. The van der Waals surface area contributed by atoms with Crippen LogP contribution in [0.15, 0.2) is 24.0 Å². The summed E-state index contributed by atoms with van der Waals surface area (Å²) in [5.74, 6) is 0.498. The van der Waals surface area contributed by atoms with Crippen molar-refractivity contribution in [1.29, 1.82) is 0 Å². The number of aliphatic hydroxyl groups excluding tert-OH is 1. The van der Waals surface area contributed by atoms with Crippen LogP contribution in [0.2, 0.25) is 0 Å². The van der Waals surface area contributed by atoms with Gasteiger partial charge in [0.1, 0.15) is 0 Å². The number of aliphatic hydroxyl groups is 1. The van der Waals surface area contributed by atoms with E-state index in [9.17, 15) is 0 Å². The molecule has 0 unspecified atom stereocenters. The van der Waals surface area contributed by atoms with E-state index in [1.54, 1.807) is 0 Å². The Morgan fingerprint density at radius 2 is 1.92 bits per heavy atom. The molecule has 1 N–H and O–H groups in total. The van der Waals surface area contributed by atoms with Gasteiger partial charge >= 0.3 is 0 Å². The number of rotatable bonds is 7. The molecule has 0 heterocycles. The molecular formula is C12H22O. The molecule has 0 aliphatic carbocycles. The number of hydrogen-bond donors (Lipinski definition) is 1. The molecule has 0 saturated carbocycles. The second kappa shape index (κ2) is 9.37. The van der Waals surface area contributed by atoms with Crippen molar-refractivity contribution in [1.82, 2.24) is 0 Å². The van der Waals surface area contributed by atoms with Gasteiger partial charge in [-0.25, -0.2) is 0 Å². The van der Waals surface area contributed by atoms with Crippen LogP contribution in [0, 0.1) is 0 Å². The Labute approximate surface area is 82.2 Å². The fourth-order valence-corrected chi connectivity index (χ4v) is 1.07. The lowest BCUT2D eigenvalue weighted by Gasteiger charge is -1.92. The van der Waals surface area contributed by atoms with Crippen LogP contribution in [-0.4, -0.2) is 5.11 Å². The Bertz CT molecular complexity index is 157. The Kier molecular flexibility index (Phi) is 8.85. The Hall–Kier alpha value is -0.720. The van der Waals surface area contributed by atoms with E-state index in [1.165, 1.54) is 25.7 Å². The second-order valence-electron chi connectivity index (χ2n) is 3.25. The van der Waals surface area contributed by atoms with E-state index >= 15 is 0 Å². The minimum absolute atomic E-state index is 0.498. The molecule has 0 atom stereocenters. The van der Waals surface area contributed by atoms with E-state index in [0.717, 1.165) is 12.8 Å². The maximum Gasteiger partial charge on any atom is 0.0883 e. The van der Waals surface area contributed by atoms with E-state index < -0.39 is 0 Å². The molecule has 1 nitrogen and oxygen atoms in total. The third kappa shape index (κ3) is 9.19. The first-order chi connectivity index (χ1) is 6.31. The molecule has 1 heteroatoms. The molecule has 0 aromatic rings. The van der Waals surface area contributed by atoms with Gasteiger partial charge in [-0.2, -0.15) is 0 Å². The van der Waals surface area contributed by atoms with Crippen LogP contribution in [0.5, 0.6) is 0 Å². The summed E-state index contributed by atoms with van der Waals surface area (Å²) in [6, 6.07) is 0. The van der Waals surface area contributed by atoms with Crippen molar-refractivity contribution in [2.24, 2.45) is 0 Å². The highest BCUT2D eigenvalue weighted by atomic mass is 16.3. The fraction of sp³-hybridized carbons (Fsp3) is 0.667. The minimum Gasteiger partial charge on any atom is -0.513 e. The molecule has 13 heavy (non-hydrogen) atoms. The van der Waals surface area contributed by atoms with Crippen LogP contribution in [0.1, 0.15) is 52.4 Å². The first-order valence-corrected chi connectivity index (χ1v) is 5.34. The Balaban J connectivity index is 3.31. The van der Waals surface area contributed by atoms with Crippen LogP contribution in [-0.2, 0) is 0 Å². The smallest absolute Gasteiger partial charge is 0.0883 e. The summed E-state index contributed by atoms with van der Waals surface area (Å²) in [5, 5.41) is 9.13. The summed E-state index contributed by atoms with van der Waals surface area (Å²) >= 11 is 0. The summed E-state index contributed by atoms with van der Waals surface area (Å²) in [5.41, 5.74) is 0. The van der Waals surface area contributed by atoms with E-state index in [-0.39, 0.29) is 0 Å². The molecule has 76 valence electrons. The first kappa shape index (κ1) is 12.3. The SMILES string of the molecule is CCCCC/C=C/C/C=C(/O)CC. The molecule has 0 bridgehead atoms. The van der Waals surface area contributed by atoms with Gasteiger partial charge in [0.2, 0.25) is 0 Å². The van der Waals surface area contributed by atoms with Crippen LogP contribution < -0.4 is 0 Å². The average molecular weight is 182 g/mol. The minimum atomic E-state index is 0.498. The van der Waals surface area contributed by atoms with Gasteiger partial charge in [-0.05, 0) is 25.3 Å². The maximum atomic E-state index is 9.13. The topological polar surface area (TPSA) is 20.2 Å². The van der Waals surface area contributed by atoms with E-state index in [1.807, 2.05) is 13.0 Å². The molecule has 0 aliphatic heterocycles. The zero-order valence-corrected chi connectivity index (χ0v) is 8.92. The number of allylic oxidation sites excluding steroid dienone is 4. The normalized spacial score (nSPS) is 12.6.